The zero-order valence-corrected chi connectivity index (χ0v) is 62.7. The lowest BCUT2D eigenvalue weighted by atomic mass is 10.0. The highest BCUT2D eigenvalue weighted by atomic mass is 16.7. The summed E-state index contributed by atoms with van der Waals surface area (Å²) in [6, 6.07) is 0. The smallest absolute Gasteiger partial charge is 0.361 e. The van der Waals surface area contributed by atoms with Crippen molar-refractivity contribution in [3.05, 3.63) is 48.6 Å². The number of hydrogen-bond donors (Lipinski definition) is 1. The Kier molecular flexibility index (Phi) is 72.8. The molecule has 0 amide bonds. The molecule has 0 saturated heterocycles. The highest BCUT2D eigenvalue weighted by Crippen LogP contribution is 2.20. The summed E-state index contributed by atoms with van der Waals surface area (Å²) in [5.41, 5.74) is 0. The number of ether oxygens (including phenoxy) is 4. The van der Waals surface area contributed by atoms with Gasteiger partial charge in [-0.3, -0.25) is 9.59 Å². The molecule has 93 heavy (non-hydrogen) atoms. The number of likely N-dealkylation sites (N-methyl/N-ethyl adjacent to an activating group) is 1. The molecule has 0 bridgehead atoms. The van der Waals surface area contributed by atoms with Gasteiger partial charge in [0, 0.05) is 12.8 Å². The van der Waals surface area contributed by atoms with Crippen molar-refractivity contribution >= 4 is 17.9 Å². The molecule has 0 fully saturated rings. The van der Waals surface area contributed by atoms with Gasteiger partial charge in [0.1, 0.15) is 13.2 Å². The van der Waals surface area contributed by atoms with Crippen LogP contribution in [0.15, 0.2) is 48.6 Å². The van der Waals surface area contributed by atoms with Crippen LogP contribution in [0.5, 0.6) is 0 Å². The standard InChI is InChI=1S/C84H157NO8/c1-6-8-10-12-14-16-18-20-22-24-26-28-30-32-34-36-38-39-40-41-42-43-45-47-49-51-53-55-57-59-61-63-65-67-69-71-73-75-82(87)93-80(79-92-84(83(88)89)90-77-76-85(3,4)5)78-91-81(86)74-72-70-68-66-64-62-60-58-56-54-52-50-48-46-44-37-35-33-31-29-27-25-23-21-19-17-15-13-11-9-7-2/h8,10,14,16,20,22,26,28,80,84H,6-7,9,11-13,15,17-19,21,23-25,27,29-79H2,1-5H3/p+1/b10-8-,16-14-,22-20-,28-26-. The molecule has 0 aliphatic rings. The van der Waals surface area contributed by atoms with E-state index in [0.29, 0.717) is 17.4 Å². The molecule has 9 nitrogen and oxygen atoms in total. The third-order valence-corrected chi connectivity index (χ3v) is 18.6. The number of carboxylic acids is 1. The number of carboxylic acid groups (broad SMARTS) is 1. The van der Waals surface area contributed by atoms with Crippen LogP contribution in [0.4, 0.5) is 0 Å². The molecule has 0 spiro atoms. The molecule has 2 atom stereocenters. The van der Waals surface area contributed by atoms with Crippen LogP contribution in [0.25, 0.3) is 0 Å². The maximum atomic E-state index is 13.0. The van der Waals surface area contributed by atoms with E-state index in [-0.39, 0.29) is 38.2 Å². The number of quaternary nitrogens is 1. The summed E-state index contributed by atoms with van der Waals surface area (Å²) in [6.07, 6.45) is 95.7. The molecule has 0 aromatic heterocycles. The number of allylic oxidation sites excluding steroid dienone is 8. The predicted octanol–water partition coefficient (Wildman–Crippen LogP) is 26.0. The number of unbranched alkanes of at least 4 members (excludes halogenated alkanes) is 54. The van der Waals surface area contributed by atoms with E-state index in [1.165, 1.54) is 321 Å². The minimum absolute atomic E-state index is 0.175. The van der Waals surface area contributed by atoms with Crippen molar-refractivity contribution in [2.24, 2.45) is 0 Å². The first-order valence-corrected chi connectivity index (χ1v) is 40.8. The van der Waals surface area contributed by atoms with Crippen molar-refractivity contribution in [3.63, 3.8) is 0 Å². The molecule has 0 heterocycles. The zero-order valence-electron chi connectivity index (χ0n) is 62.7. The molecule has 1 N–H and O–H groups in total. The molecule has 0 rings (SSSR count). The number of rotatable bonds is 77. The molecule has 2 unspecified atom stereocenters. The second-order valence-electron chi connectivity index (χ2n) is 29.1. The van der Waals surface area contributed by atoms with Crippen LogP contribution in [0, 0.1) is 0 Å². The fourth-order valence-electron chi connectivity index (χ4n) is 12.4. The molecule has 9 heteroatoms. The summed E-state index contributed by atoms with van der Waals surface area (Å²) in [7, 11) is 6.00. The average molecular weight is 1310 g/mol. The van der Waals surface area contributed by atoms with Gasteiger partial charge in [-0.15, -0.1) is 0 Å². The van der Waals surface area contributed by atoms with Gasteiger partial charge >= 0.3 is 17.9 Å². The first kappa shape index (κ1) is 90.2. The Balaban J connectivity index is 3.95. The van der Waals surface area contributed by atoms with Gasteiger partial charge in [-0.25, -0.2) is 4.79 Å². The molecule has 0 aromatic rings. The van der Waals surface area contributed by atoms with Gasteiger partial charge in [0.05, 0.1) is 34.4 Å². The van der Waals surface area contributed by atoms with Crippen molar-refractivity contribution < 1.29 is 42.9 Å². The molecular formula is C84H158NO8+. The Morgan fingerprint density at radius 3 is 0.914 bits per heavy atom. The van der Waals surface area contributed by atoms with Gasteiger partial charge in [-0.2, -0.15) is 0 Å². The molecule has 546 valence electrons. The van der Waals surface area contributed by atoms with E-state index < -0.39 is 18.4 Å². The molecule has 0 radical (unpaired) electrons. The Hall–Kier alpha value is -2.75. The highest BCUT2D eigenvalue weighted by molar-refractivity contribution is 5.71. The number of carbonyl (C=O) groups excluding carboxylic acids is 2. The Labute approximate surface area is 578 Å². The van der Waals surface area contributed by atoms with Crippen molar-refractivity contribution in [1.29, 1.82) is 0 Å². The number of esters is 2. The Morgan fingerprint density at radius 1 is 0.333 bits per heavy atom. The fourth-order valence-corrected chi connectivity index (χ4v) is 12.4. The lowest BCUT2D eigenvalue weighted by molar-refractivity contribution is -0.870. The largest absolute Gasteiger partial charge is 0.477 e. The van der Waals surface area contributed by atoms with E-state index in [0.717, 1.165) is 64.2 Å². The monoisotopic (exact) mass is 1310 g/mol. The summed E-state index contributed by atoms with van der Waals surface area (Å²) in [4.78, 5) is 37.7. The van der Waals surface area contributed by atoms with Crippen LogP contribution in [0.3, 0.4) is 0 Å². The normalized spacial score (nSPS) is 12.8. The summed E-state index contributed by atoms with van der Waals surface area (Å²) in [5, 5.41) is 9.78. The first-order valence-electron chi connectivity index (χ1n) is 40.8. The predicted molar refractivity (Wildman–Crippen MR) is 401 cm³/mol. The van der Waals surface area contributed by atoms with Gasteiger partial charge < -0.3 is 28.5 Å². The van der Waals surface area contributed by atoms with Crippen molar-refractivity contribution in [2.75, 3.05) is 47.5 Å². The SMILES string of the molecule is CC/C=C\C/C=C\C/C=C\C/C=C\CCCCCCCCCCCCCCCCCCCCCCCCCCC(=O)OC(COC(=O)CCCCCCCCCCCCCCCCCCCCCCCCCCCCCCCCC)COC(OCC[N+](C)(C)C)C(=O)O. The van der Waals surface area contributed by atoms with E-state index >= 15 is 0 Å². The number of hydrogen-bond acceptors (Lipinski definition) is 7. The second kappa shape index (κ2) is 75.0. The third-order valence-electron chi connectivity index (χ3n) is 18.6. The van der Waals surface area contributed by atoms with E-state index in [1.807, 2.05) is 21.1 Å². The summed E-state index contributed by atoms with van der Waals surface area (Å²) < 4.78 is 23.1. The van der Waals surface area contributed by atoms with Gasteiger partial charge in [0.25, 0.3) is 6.29 Å². The van der Waals surface area contributed by atoms with E-state index in [9.17, 15) is 19.5 Å². The van der Waals surface area contributed by atoms with Gasteiger partial charge in [-0.05, 0) is 51.4 Å². The molecule has 0 saturated carbocycles. The number of carbonyl (C=O) groups is 3. The van der Waals surface area contributed by atoms with Crippen LogP contribution in [0.2, 0.25) is 0 Å². The van der Waals surface area contributed by atoms with Crippen LogP contribution in [-0.2, 0) is 33.3 Å². The summed E-state index contributed by atoms with van der Waals surface area (Å²) in [5.74, 6) is -1.97. The lowest BCUT2D eigenvalue weighted by Crippen LogP contribution is -2.40. The lowest BCUT2D eigenvalue weighted by Gasteiger charge is -2.25. The maximum absolute atomic E-state index is 13.0. The van der Waals surface area contributed by atoms with E-state index in [4.69, 9.17) is 18.9 Å². The van der Waals surface area contributed by atoms with Crippen molar-refractivity contribution in [1.82, 2.24) is 0 Å². The van der Waals surface area contributed by atoms with Crippen LogP contribution in [0.1, 0.15) is 412 Å². The average Bonchev–Trinajstić information content (AvgIpc) is 3.73. The molecule has 0 aliphatic heterocycles. The Morgan fingerprint density at radius 2 is 0.613 bits per heavy atom. The quantitative estimate of drug-likeness (QED) is 0.0211. The van der Waals surface area contributed by atoms with Gasteiger partial charge in [-0.1, -0.05) is 396 Å². The third kappa shape index (κ3) is 76.5. The zero-order chi connectivity index (χ0) is 67.5. The number of nitrogens with zero attached hydrogens (tertiary/aromatic N) is 1. The van der Waals surface area contributed by atoms with Crippen LogP contribution in [-0.4, -0.2) is 87.4 Å². The van der Waals surface area contributed by atoms with Crippen molar-refractivity contribution in [3.8, 4) is 0 Å². The van der Waals surface area contributed by atoms with E-state index in [2.05, 4.69) is 62.5 Å². The fraction of sp³-hybridized carbons (Fsp3) is 0.869. The Bertz CT molecular complexity index is 1670. The first-order chi connectivity index (χ1) is 45.6. The van der Waals surface area contributed by atoms with Gasteiger partial charge in [0.2, 0.25) is 0 Å². The summed E-state index contributed by atoms with van der Waals surface area (Å²) >= 11 is 0. The summed E-state index contributed by atoms with van der Waals surface area (Å²) in [6.45, 7) is 4.85. The molecular weight excluding hydrogens is 1150 g/mol. The minimum Gasteiger partial charge on any atom is -0.477 e. The topological polar surface area (TPSA) is 108 Å². The molecule has 0 aromatic carbocycles. The van der Waals surface area contributed by atoms with Crippen LogP contribution < -0.4 is 0 Å². The van der Waals surface area contributed by atoms with Gasteiger partial charge in [0.15, 0.2) is 6.10 Å². The number of aliphatic carboxylic acids is 1. The minimum atomic E-state index is -1.51. The van der Waals surface area contributed by atoms with Crippen molar-refractivity contribution in [2.45, 2.75) is 424 Å². The maximum Gasteiger partial charge on any atom is 0.361 e. The molecule has 0 aliphatic carbocycles. The second-order valence-corrected chi connectivity index (χ2v) is 29.1. The highest BCUT2D eigenvalue weighted by Gasteiger charge is 2.25. The van der Waals surface area contributed by atoms with E-state index in [1.54, 1.807) is 0 Å². The van der Waals surface area contributed by atoms with Crippen LogP contribution >= 0.6 is 0 Å².